The summed E-state index contributed by atoms with van der Waals surface area (Å²) in [6, 6.07) is 1.87. The number of anilines is 1. The summed E-state index contributed by atoms with van der Waals surface area (Å²) >= 11 is 1.26. The maximum atomic E-state index is 11.6. The van der Waals surface area contributed by atoms with Crippen LogP contribution in [-0.2, 0) is 6.54 Å². The number of carbonyl (C=O) groups is 1. The Labute approximate surface area is 102 Å². The summed E-state index contributed by atoms with van der Waals surface area (Å²) in [6.45, 7) is 1.38. The second-order valence-electron chi connectivity index (χ2n) is 3.45. The van der Waals surface area contributed by atoms with Gasteiger partial charge in [0.05, 0.1) is 0 Å². The van der Waals surface area contributed by atoms with E-state index in [1.807, 2.05) is 16.9 Å². The average Bonchev–Trinajstić information content (AvgIpc) is 2.95. The van der Waals surface area contributed by atoms with Crippen LogP contribution in [0.1, 0.15) is 16.9 Å². The number of hydrogen-bond acceptors (Lipinski definition) is 5. The highest BCUT2D eigenvalue weighted by molar-refractivity contribution is 7.13. The van der Waals surface area contributed by atoms with E-state index >= 15 is 0 Å². The summed E-state index contributed by atoms with van der Waals surface area (Å²) in [5.74, 6) is -0.182. The number of nitrogens with one attached hydrogen (secondary N) is 1. The van der Waals surface area contributed by atoms with Crippen LogP contribution in [0, 0.1) is 0 Å². The molecule has 0 atom stereocenters. The second kappa shape index (κ2) is 5.44. The molecule has 0 bridgehead atoms. The molecule has 0 aliphatic carbocycles. The highest BCUT2D eigenvalue weighted by atomic mass is 32.1. The molecule has 0 unspecified atom stereocenters. The van der Waals surface area contributed by atoms with E-state index in [0.29, 0.717) is 17.4 Å². The third-order valence-corrected chi connectivity index (χ3v) is 2.84. The lowest BCUT2D eigenvalue weighted by Crippen LogP contribution is -2.25. The second-order valence-corrected chi connectivity index (χ2v) is 4.34. The largest absolute Gasteiger partial charge is 0.375 e. The smallest absolute Gasteiger partial charge is 0.270 e. The van der Waals surface area contributed by atoms with E-state index < -0.39 is 0 Å². The Balaban J connectivity index is 1.70. The van der Waals surface area contributed by atoms with Crippen molar-refractivity contribution in [2.45, 2.75) is 13.0 Å². The van der Waals surface area contributed by atoms with Crippen LogP contribution in [0.3, 0.4) is 0 Å². The van der Waals surface area contributed by atoms with Gasteiger partial charge in [-0.05, 0) is 12.5 Å². The minimum atomic E-state index is -0.182. The van der Waals surface area contributed by atoms with Crippen LogP contribution in [-0.4, -0.2) is 27.2 Å². The first-order valence-corrected chi connectivity index (χ1v) is 6.10. The molecule has 0 fully saturated rings. The van der Waals surface area contributed by atoms with Crippen molar-refractivity contribution in [3.8, 4) is 0 Å². The number of hydrogen-bond donors (Lipinski definition) is 2. The molecule has 0 saturated heterocycles. The standard InChI is InChI=1S/C10H13N5OS/c11-10-14-8(7-17-10)9(16)12-3-1-5-15-6-2-4-13-15/h2,4,6-7H,1,3,5H2,(H2,11,14)(H,12,16). The van der Waals surface area contributed by atoms with E-state index in [2.05, 4.69) is 15.4 Å². The molecule has 1 amide bonds. The fourth-order valence-electron chi connectivity index (χ4n) is 1.36. The maximum Gasteiger partial charge on any atom is 0.270 e. The third kappa shape index (κ3) is 3.28. The van der Waals surface area contributed by atoms with E-state index in [-0.39, 0.29) is 5.91 Å². The molecular formula is C10H13N5OS. The topological polar surface area (TPSA) is 85.8 Å². The van der Waals surface area contributed by atoms with Gasteiger partial charge < -0.3 is 11.1 Å². The van der Waals surface area contributed by atoms with Crippen molar-refractivity contribution >= 4 is 22.4 Å². The molecule has 17 heavy (non-hydrogen) atoms. The van der Waals surface area contributed by atoms with E-state index in [1.54, 1.807) is 11.6 Å². The zero-order valence-corrected chi connectivity index (χ0v) is 9.98. The number of nitrogens with zero attached hydrogens (tertiary/aromatic N) is 3. The Morgan fingerprint density at radius 2 is 2.47 bits per heavy atom. The minimum Gasteiger partial charge on any atom is -0.375 e. The van der Waals surface area contributed by atoms with Crippen molar-refractivity contribution in [3.63, 3.8) is 0 Å². The molecule has 7 heteroatoms. The van der Waals surface area contributed by atoms with Crippen molar-refractivity contribution in [1.29, 1.82) is 0 Å². The Morgan fingerprint density at radius 1 is 1.59 bits per heavy atom. The molecular weight excluding hydrogens is 238 g/mol. The van der Waals surface area contributed by atoms with Crippen LogP contribution < -0.4 is 11.1 Å². The van der Waals surface area contributed by atoms with Gasteiger partial charge in [-0.3, -0.25) is 9.48 Å². The van der Waals surface area contributed by atoms with Crippen molar-refractivity contribution in [3.05, 3.63) is 29.5 Å². The van der Waals surface area contributed by atoms with Crippen LogP contribution in [0.2, 0.25) is 0 Å². The van der Waals surface area contributed by atoms with Gasteiger partial charge in [-0.15, -0.1) is 11.3 Å². The minimum absolute atomic E-state index is 0.182. The van der Waals surface area contributed by atoms with Gasteiger partial charge in [-0.1, -0.05) is 0 Å². The van der Waals surface area contributed by atoms with E-state index in [1.165, 1.54) is 11.3 Å². The molecule has 3 N–H and O–H groups in total. The fraction of sp³-hybridized carbons (Fsp3) is 0.300. The zero-order chi connectivity index (χ0) is 12.1. The Bertz CT molecular complexity index is 479. The first kappa shape index (κ1) is 11.6. The number of nitrogens with two attached hydrogens (primary N) is 1. The molecule has 2 aromatic heterocycles. The molecule has 90 valence electrons. The van der Waals surface area contributed by atoms with Crippen molar-refractivity contribution < 1.29 is 4.79 Å². The predicted molar refractivity (Wildman–Crippen MR) is 65.7 cm³/mol. The summed E-state index contributed by atoms with van der Waals surface area (Å²) in [5.41, 5.74) is 5.83. The lowest BCUT2D eigenvalue weighted by atomic mass is 10.4. The molecule has 0 aliphatic heterocycles. The van der Waals surface area contributed by atoms with Gasteiger partial charge in [0.25, 0.3) is 5.91 Å². The summed E-state index contributed by atoms with van der Waals surface area (Å²) in [5, 5.41) is 8.91. The first-order chi connectivity index (χ1) is 8.25. The lowest BCUT2D eigenvalue weighted by Gasteiger charge is -2.03. The zero-order valence-electron chi connectivity index (χ0n) is 9.17. The summed E-state index contributed by atoms with van der Waals surface area (Å²) in [6.07, 6.45) is 4.45. The third-order valence-electron chi connectivity index (χ3n) is 2.16. The lowest BCUT2D eigenvalue weighted by molar-refractivity contribution is 0.0948. The number of carbonyl (C=O) groups excluding carboxylic acids is 1. The monoisotopic (exact) mass is 251 g/mol. The SMILES string of the molecule is Nc1nc(C(=O)NCCCn2cccn2)cs1. The van der Waals surface area contributed by atoms with Crippen molar-refractivity contribution in [1.82, 2.24) is 20.1 Å². The number of aryl methyl sites for hydroxylation is 1. The Morgan fingerprint density at radius 3 is 3.12 bits per heavy atom. The summed E-state index contributed by atoms with van der Waals surface area (Å²) < 4.78 is 1.83. The van der Waals surface area contributed by atoms with Gasteiger partial charge in [0.2, 0.25) is 0 Å². The molecule has 0 aliphatic rings. The van der Waals surface area contributed by atoms with Crippen LogP contribution in [0.25, 0.3) is 0 Å². The molecule has 2 aromatic rings. The highest BCUT2D eigenvalue weighted by Crippen LogP contribution is 2.10. The van der Waals surface area contributed by atoms with Gasteiger partial charge in [0.15, 0.2) is 5.13 Å². The van der Waals surface area contributed by atoms with Gasteiger partial charge in [-0.25, -0.2) is 4.98 Å². The maximum absolute atomic E-state index is 11.6. The van der Waals surface area contributed by atoms with Gasteiger partial charge in [-0.2, -0.15) is 5.10 Å². The predicted octanol–water partition coefficient (Wildman–Crippen LogP) is 0.742. The van der Waals surface area contributed by atoms with Crippen LogP contribution in [0.4, 0.5) is 5.13 Å². The van der Waals surface area contributed by atoms with E-state index in [9.17, 15) is 4.79 Å². The Hall–Kier alpha value is -1.89. The van der Waals surface area contributed by atoms with Crippen LogP contribution in [0.15, 0.2) is 23.8 Å². The summed E-state index contributed by atoms with van der Waals surface area (Å²) in [7, 11) is 0. The average molecular weight is 251 g/mol. The number of aromatic nitrogens is 3. The van der Waals surface area contributed by atoms with Crippen molar-refractivity contribution in [2.75, 3.05) is 12.3 Å². The van der Waals surface area contributed by atoms with E-state index in [0.717, 1.165) is 13.0 Å². The summed E-state index contributed by atoms with van der Waals surface area (Å²) in [4.78, 5) is 15.5. The normalized spacial score (nSPS) is 10.4. The molecule has 2 rings (SSSR count). The van der Waals surface area contributed by atoms with Crippen LogP contribution in [0.5, 0.6) is 0 Å². The number of amides is 1. The number of thiazole rings is 1. The van der Waals surface area contributed by atoms with Crippen LogP contribution >= 0.6 is 11.3 Å². The fourth-order valence-corrected chi connectivity index (χ4v) is 1.90. The van der Waals surface area contributed by atoms with Gasteiger partial charge >= 0.3 is 0 Å². The number of nitrogen functional groups attached to an aromatic ring is 1. The molecule has 2 heterocycles. The Kier molecular flexibility index (Phi) is 3.71. The number of rotatable bonds is 5. The van der Waals surface area contributed by atoms with Crippen molar-refractivity contribution in [2.24, 2.45) is 0 Å². The van der Waals surface area contributed by atoms with E-state index in [4.69, 9.17) is 5.73 Å². The quantitative estimate of drug-likeness (QED) is 0.767. The molecule has 0 spiro atoms. The first-order valence-electron chi connectivity index (χ1n) is 5.22. The van der Waals surface area contributed by atoms with Gasteiger partial charge in [0.1, 0.15) is 5.69 Å². The molecule has 6 nitrogen and oxygen atoms in total. The molecule has 0 radical (unpaired) electrons. The highest BCUT2D eigenvalue weighted by Gasteiger charge is 2.08. The molecule has 0 aromatic carbocycles. The van der Waals surface area contributed by atoms with Gasteiger partial charge in [0, 0.05) is 30.9 Å². The molecule has 0 saturated carbocycles.